The lowest BCUT2D eigenvalue weighted by Gasteiger charge is -2.21. The molecule has 0 fully saturated rings. The van der Waals surface area contributed by atoms with E-state index in [1.165, 1.54) is 29.8 Å². The summed E-state index contributed by atoms with van der Waals surface area (Å²) in [4.78, 5) is 25.9. The molecule has 28 heavy (non-hydrogen) atoms. The molecule has 0 saturated carbocycles. The number of nitrogens with zero attached hydrogens (tertiary/aromatic N) is 1. The molecule has 0 aliphatic heterocycles. The van der Waals surface area contributed by atoms with Crippen LogP contribution in [0.3, 0.4) is 0 Å². The van der Waals surface area contributed by atoms with Crippen molar-refractivity contribution in [3.05, 3.63) is 94.9 Å². The van der Waals surface area contributed by atoms with Crippen LogP contribution in [0.25, 0.3) is 0 Å². The molecule has 1 aromatic heterocycles. The normalized spacial score (nSPS) is 13.0. The molecule has 0 amide bonds. The third kappa shape index (κ3) is 5.74. The molecular weight excluding hydrogens is 394 g/mol. The number of hydrogen-bond acceptors (Lipinski definition) is 6. The van der Waals surface area contributed by atoms with Gasteiger partial charge in [-0.25, -0.2) is 0 Å². The number of rotatable bonds is 10. The molecule has 7 heteroatoms. The largest absolute Gasteiger partial charge is 0.469 e. The van der Waals surface area contributed by atoms with Gasteiger partial charge in [-0.3, -0.25) is 14.9 Å². The summed E-state index contributed by atoms with van der Waals surface area (Å²) in [5.41, 5.74) is 0. The molecule has 0 saturated heterocycles. The van der Waals surface area contributed by atoms with Crippen LogP contribution >= 0.6 is 23.5 Å². The van der Waals surface area contributed by atoms with Gasteiger partial charge >= 0.3 is 0 Å². The predicted molar refractivity (Wildman–Crippen MR) is 112 cm³/mol. The van der Waals surface area contributed by atoms with E-state index in [4.69, 9.17) is 4.42 Å². The molecule has 0 aliphatic rings. The van der Waals surface area contributed by atoms with Gasteiger partial charge in [0.1, 0.15) is 11.7 Å². The van der Waals surface area contributed by atoms with Crippen LogP contribution in [-0.4, -0.2) is 28.3 Å². The van der Waals surface area contributed by atoms with E-state index < -0.39 is 11.2 Å². The van der Waals surface area contributed by atoms with Gasteiger partial charge in [0.15, 0.2) is 5.78 Å². The summed E-state index contributed by atoms with van der Waals surface area (Å²) in [6.45, 7) is -0.361. The zero-order valence-electron chi connectivity index (χ0n) is 15.0. The number of benzene rings is 2. The lowest BCUT2D eigenvalue weighted by Crippen LogP contribution is -2.31. The summed E-state index contributed by atoms with van der Waals surface area (Å²) >= 11 is 2.79. The summed E-state index contributed by atoms with van der Waals surface area (Å²) in [6, 6.07) is 22.5. The van der Waals surface area contributed by atoms with E-state index >= 15 is 0 Å². The van der Waals surface area contributed by atoms with Crippen molar-refractivity contribution in [3.63, 3.8) is 0 Å². The van der Waals surface area contributed by atoms with Crippen LogP contribution in [0.4, 0.5) is 0 Å². The van der Waals surface area contributed by atoms with Crippen molar-refractivity contribution in [2.45, 2.75) is 21.0 Å². The maximum atomic E-state index is 13.1. The van der Waals surface area contributed by atoms with E-state index in [0.29, 0.717) is 5.76 Å². The molecule has 5 nitrogen and oxygen atoms in total. The second kappa shape index (κ2) is 10.1. The second-order valence-electron chi connectivity index (χ2n) is 6.06. The summed E-state index contributed by atoms with van der Waals surface area (Å²) in [5, 5.41) is 10.7. The second-order valence-corrected chi connectivity index (χ2v) is 8.32. The van der Waals surface area contributed by atoms with Gasteiger partial charge in [-0.2, -0.15) is 0 Å². The first-order valence-electron chi connectivity index (χ1n) is 8.71. The fourth-order valence-electron chi connectivity index (χ4n) is 2.77. The Labute approximate surface area is 171 Å². The predicted octanol–water partition coefficient (Wildman–Crippen LogP) is 5.16. The van der Waals surface area contributed by atoms with E-state index in [0.717, 1.165) is 9.79 Å². The fraction of sp³-hybridized carbons (Fsp3) is 0.190. The summed E-state index contributed by atoms with van der Waals surface area (Å²) in [5.74, 6) is 0.0110. The topological polar surface area (TPSA) is 73.3 Å². The van der Waals surface area contributed by atoms with Crippen LogP contribution in [-0.2, 0) is 4.79 Å². The zero-order chi connectivity index (χ0) is 19.8. The van der Waals surface area contributed by atoms with Crippen molar-refractivity contribution in [1.82, 2.24) is 0 Å². The third-order valence-electron chi connectivity index (χ3n) is 4.07. The molecule has 1 heterocycles. The quantitative estimate of drug-likeness (QED) is 0.260. The van der Waals surface area contributed by atoms with Crippen molar-refractivity contribution in [3.8, 4) is 0 Å². The van der Waals surface area contributed by atoms with Gasteiger partial charge in [-0.15, -0.1) is 23.5 Å². The Balaban J connectivity index is 1.84. The van der Waals surface area contributed by atoms with Crippen LogP contribution < -0.4 is 0 Å². The number of carbonyl (C=O) groups excluding carboxylic acids is 1. The van der Waals surface area contributed by atoms with Gasteiger partial charge in [0.25, 0.3) is 0 Å². The number of nitro groups is 1. The maximum Gasteiger partial charge on any atom is 0.215 e. The summed E-state index contributed by atoms with van der Waals surface area (Å²) in [7, 11) is 0. The van der Waals surface area contributed by atoms with Crippen molar-refractivity contribution in [1.29, 1.82) is 0 Å². The number of Topliss-reactive ketones (excluding diaryl/α,β-unsaturated/α-hetero) is 1. The first-order valence-corrected chi connectivity index (χ1v) is 10.6. The fourth-order valence-corrected chi connectivity index (χ4v) is 4.92. The third-order valence-corrected chi connectivity index (χ3v) is 6.49. The average molecular weight is 414 g/mol. The van der Waals surface area contributed by atoms with Crippen LogP contribution in [0.5, 0.6) is 0 Å². The van der Waals surface area contributed by atoms with E-state index in [-0.39, 0.29) is 23.0 Å². The van der Waals surface area contributed by atoms with Crippen LogP contribution in [0.15, 0.2) is 93.3 Å². The van der Waals surface area contributed by atoms with Gasteiger partial charge in [0, 0.05) is 14.7 Å². The van der Waals surface area contributed by atoms with Gasteiger partial charge in [0.2, 0.25) is 6.54 Å². The minimum absolute atomic E-state index is 0.0500. The number of furan rings is 1. The monoisotopic (exact) mass is 413 g/mol. The molecule has 2 aromatic carbocycles. The summed E-state index contributed by atoms with van der Waals surface area (Å²) < 4.78 is 5.45. The highest BCUT2D eigenvalue weighted by atomic mass is 32.2. The highest BCUT2D eigenvalue weighted by molar-refractivity contribution is 8.02. The minimum Gasteiger partial charge on any atom is -0.469 e. The molecule has 144 valence electrons. The SMILES string of the molecule is O=C(CSc1ccccc1)C(Sc1ccccc1)C(C[N+](=O)[O-])c1ccco1. The Morgan fingerprint density at radius 1 is 0.964 bits per heavy atom. The zero-order valence-corrected chi connectivity index (χ0v) is 16.6. The highest BCUT2D eigenvalue weighted by Crippen LogP contribution is 2.36. The number of thioether (sulfide) groups is 2. The lowest BCUT2D eigenvalue weighted by atomic mass is 9.99. The van der Waals surface area contributed by atoms with Gasteiger partial charge in [-0.1, -0.05) is 36.4 Å². The Bertz CT molecular complexity index is 885. The molecule has 2 atom stereocenters. The Morgan fingerprint density at radius 3 is 2.18 bits per heavy atom. The van der Waals surface area contributed by atoms with Gasteiger partial charge in [-0.05, 0) is 36.4 Å². The molecule has 2 unspecified atom stereocenters. The molecule has 0 aliphatic carbocycles. The van der Waals surface area contributed by atoms with E-state index in [2.05, 4.69) is 0 Å². The van der Waals surface area contributed by atoms with E-state index in [1.807, 2.05) is 60.7 Å². The van der Waals surface area contributed by atoms with Crippen molar-refractivity contribution >= 4 is 29.3 Å². The smallest absolute Gasteiger partial charge is 0.215 e. The molecule has 0 bridgehead atoms. The van der Waals surface area contributed by atoms with Gasteiger partial charge in [0.05, 0.1) is 17.3 Å². The van der Waals surface area contributed by atoms with Crippen molar-refractivity contribution in [2.75, 3.05) is 12.3 Å². The number of carbonyl (C=O) groups is 1. The van der Waals surface area contributed by atoms with E-state index in [9.17, 15) is 14.9 Å². The Hall–Kier alpha value is -2.51. The maximum absolute atomic E-state index is 13.1. The molecule has 0 N–H and O–H groups in total. The molecule has 0 spiro atoms. The Kier molecular flexibility index (Phi) is 7.33. The van der Waals surface area contributed by atoms with Crippen molar-refractivity contribution in [2.24, 2.45) is 0 Å². The minimum atomic E-state index is -0.640. The first kappa shape index (κ1) is 20.2. The molecule has 3 aromatic rings. The molecule has 0 radical (unpaired) electrons. The van der Waals surface area contributed by atoms with Crippen LogP contribution in [0.2, 0.25) is 0 Å². The summed E-state index contributed by atoms with van der Waals surface area (Å²) in [6.07, 6.45) is 1.48. The number of hydrogen-bond donors (Lipinski definition) is 0. The Morgan fingerprint density at radius 2 is 1.61 bits per heavy atom. The molecule has 3 rings (SSSR count). The highest BCUT2D eigenvalue weighted by Gasteiger charge is 2.36. The van der Waals surface area contributed by atoms with Crippen LogP contribution in [0, 0.1) is 10.1 Å². The molecular formula is C21H19NO4S2. The van der Waals surface area contributed by atoms with E-state index in [1.54, 1.807) is 12.1 Å². The van der Waals surface area contributed by atoms with Crippen LogP contribution in [0.1, 0.15) is 11.7 Å². The van der Waals surface area contributed by atoms with Gasteiger partial charge < -0.3 is 4.42 Å². The number of ketones is 1. The first-order chi connectivity index (χ1) is 13.6. The standard InChI is InChI=1S/C21H19NO4S2/c23-19(15-27-16-8-3-1-4-9-16)21(28-17-10-5-2-6-11-17)18(14-22(24)25)20-12-7-13-26-20/h1-13,18,21H,14-15H2. The lowest BCUT2D eigenvalue weighted by molar-refractivity contribution is -0.483. The van der Waals surface area contributed by atoms with Crippen molar-refractivity contribution < 1.29 is 14.1 Å². The average Bonchev–Trinajstić information content (AvgIpc) is 3.25.